The molecule has 0 saturated carbocycles. The number of nitriles is 1. The summed E-state index contributed by atoms with van der Waals surface area (Å²) in [6.45, 7) is 2.23. The first-order chi connectivity index (χ1) is 6.70. The summed E-state index contributed by atoms with van der Waals surface area (Å²) in [5, 5.41) is 8.73. The fourth-order valence-electron chi connectivity index (χ4n) is 1.82. The molecule has 0 bridgehead atoms. The number of rotatable bonds is 1. The maximum Gasteiger partial charge on any atom is 0.0992 e. The topological polar surface area (TPSA) is 27.0 Å². The number of halogens is 1. The van der Waals surface area contributed by atoms with Crippen LogP contribution in [0.15, 0.2) is 22.7 Å². The molecule has 0 radical (unpaired) electrons. The summed E-state index contributed by atoms with van der Waals surface area (Å²) >= 11 is 3.51. The van der Waals surface area contributed by atoms with Gasteiger partial charge in [0.05, 0.1) is 11.6 Å². The number of likely N-dealkylation sites (tertiary alicyclic amines) is 1. The predicted octanol–water partition coefficient (Wildman–Crippen LogP) is 2.35. The van der Waals surface area contributed by atoms with Crippen LogP contribution in [-0.2, 0) is 0 Å². The van der Waals surface area contributed by atoms with Crippen LogP contribution < -0.4 is 0 Å². The van der Waals surface area contributed by atoms with Crippen LogP contribution in [0.2, 0.25) is 0 Å². The number of likely N-dealkylation sites (N-methyl/N-ethyl adjacent to an activating group) is 1. The molecular weight excluding hydrogens is 240 g/mol. The fraction of sp³-hybridized carbons (Fsp3) is 0.364. The van der Waals surface area contributed by atoms with Crippen LogP contribution in [0.1, 0.15) is 17.0 Å². The summed E-state index contributed by atoms with van der Waals surface area (Å²) in [7, 11) is 2.12. The van der Waals surface area contributed by atoms with Crippen LogP contribution in [0.5, 0.6) is 0 Å². The molecular formula is C11H11BrN2. The van der Waals surface area contributed by atoms with Crippen molar-refractivity contribution in [1.82, 2.24) is 4.90 Å². The minimum absolute atomic E-state index is 0.627. The van der Waals surface area contributed by atoms with Crippen LogP contribution in [0.25, 0.3) is 0 Å². The molecule has 2 nitrogen and oxygen atoms in total. The third-order valence-corrected chi connectivity index (χ3v) is 3.32. The van der Waals surface area contributed by atoms with Gasteiger partial charge in [-0.15, -0.1) is 0 Å². The largest absolute Gasteiger partial charge is 0.305 e. The normalized spacial score (nSPS) is 17.5. The van der Waals surface area contributed by atoms with E-state index in [2.05, 4.69) is 40.0 Å². The van der Waals surface area contributed by atoms with E-state index in [0.29, 0.717) is 11.5 Å². The fourth-order valence-corrected chi connectivity index (χ4v) is 2.53. The average molecular weight is 251 g/mol. The van der Waals surface area contributed by atoms with E-state index in [0.717, 1.165) is 17.6 Å². The molecule has 1 aromatic rings. The molecule has 1 aliphatic heterocycles. The van der Waals surface area contributed by atoms with E-state index in [1.165, 1.54) is 5.56 Å². The van der Waals surface area contributed by atoms with Gasteiger partial charge in [-0.25, -0.2) is 0 Å². The summed E-state index contributed by atoms with van der Waals surface area (Å²) in [6.07, 6.45) is 0. The van der Waals surface area contributed by atoms with Gasteiger partial charge >= 0.3 is 0 Å². The lowest BCUT2D eigenvalue weighted by molar-refractivity contribution is 0.189. The first kappa shape index (κ1) is 9.70. The van der Waals surface area contributed by atoms with Crippen molar-refractivity contribution in [3.8, 4) is 6.07 Å². The van der Waals surface area contributed by atoms with Crippen molar-refractivity contribution < 1.29 is 0 Å². The molecule has 1 aromatic carbocycles. The molecule has 0 N–H and O–H groups in total. The van der Waals surface area contributed by atoms with Crippen LogP contribution in [-0.4, -0.2) is 25.0 Å². The molecule has 0 aromatic heterocycles. The second kappa shape index (κ2) is 3.72. The summed E-state index contributed by atoms with van der Waals surface area (Å²) in [6, 6.07) is 7.98. The second-order valence-corrected chi connectivity index (χ2v) is 4.62. The Morgan fingerprint density at radius 2 is 2.21 bits per heavy atom. The Morgan fingerprint density at radius 3 is 2.71 bits per heavy atom. The lowest BCUT2D eigenvalue weighted by atomic mass is 9.91. The Morgan fingerprint density at radius 1 is 1.50 bits per heavy atom. The van der Waals surface area contributed by atoms with Gasteiger partial charge in [0.15, 0.2) is 0 Å². The maximum absolute atomic E-state index is 8.73. The molecule has 3 heteroatoms. The Kier molecular flexibility index (Phi) is 2.58. The van der Waals surface area contributed by atoms with Gasteiger partial charge in [-0.3, -0.25) is 0 Å². The lowest BCUT2D eigenvalue weighted by Crippen LogP contribution is -2.41. The zero-order valence-electron chi connectivity index (χ0n) is 8.00. The standard InChI is InChI=1S/C11H11BrN2/c1-14-6-9(7-14)10-3-2-8(5-13)4-11(10)12/h2-4,9H,6-7H2,1H3. The van der Waals surface area contributed by atoms with Crippen molar-refractivity contribution in [2.75, 3.05) is 20.1 Å². The minimum atomic E-state index is 0.627. The van der Waals surface area contributed by atoms with Crippen LogP contribution >= 0.6 is 15.9 Å². The predicted molar refractivity (Wildman–Crippen MR) is 59.1 cm³/mol. The van der Waals surface area contributed by atoms with Gasteiger partial charge in [0.25, 0.3) is 0 Å². The highest BCUT2D eigenvalue weighted by atomic mass is 79.9. The third kappa shape index (κ3) is 1.68. The van der Waals surface area contributed by atoms with E-state index >= 15 is 0 Å². The molecule has 1 fully saturated rings. The van der Waals surface area contributed by atoms with Gasteiger partial charge in [-0.05, 0) is 24.7 Å². The van der Waals surface area contributed by atoms with Crippen molar-refractivity contribution in [3.05, 3.63) is 33.8 Å². The van der Waals surface area contributed by atoms with Crippen molar-refractivity contribution >= 4 is 15.9 Å². The first-order valence-electron chi connectivity index (χ1n) is 4.59. The van der Waals surface area contributed by atoms with Gasteiger partial charge in [-0.1, -0.05) is 22.0 Å². The lowest BCUT2D eigenvalue weighted by Gasteiger charge is -2.37. The summed E-state index contributed by atoms with van der Waals surface area (Å²) < 4.78 is 1.06. The van der Waals surface area contributed by atoms with E-state index in [1.54, 1.807) is 0 Å². The SMILES string of the molecule is CN1CC(c2ccc(C#N)cc2Br)C1. The average Bonchev–Trinajstić information content (AvgIpc) is 2.13. The number of nitrogens with zero attached hydrogens (tertiary/aromatic N) is 2. The Labute approximate surface area is 92.3 Å². The molecule has 72 valence electrons. The number of benzene rings is 1. The van der Waals surface area contributed by atoms with Crippen LogP contribution in [0.4, 0.5) is 0 Å². The molecule has 14 heavy (non-hydrogen) atoms. The van der Waals surface area contributed by atoms with Crippen LogP contribution in [0, 0.1) is 11.3 Å². The number of hydrogen-bond donors (Lipinski definition) is 0. The molecule has 1 heterocycles. The van der Waals surface area contributed by atoms with E-state index < -0.39 is 0 Å². The van der Waals surface area contributed by atoms with Crippen molar-refractivity contribution in [2.45, 2.75) is 5.92 Å². The van der Waals surface area contributed by atoms with Crippen molar-refractivity contribution in [3.63, 3.8) is 0 Å². The van der Waals surface area contributed by atoms with E-state index in [-0.39, 0.29) is 0 Å². The molecule has 2 rings (SSSR count). The molecule has 0 atom stereocenters. The number of hydrogen-bond acceptors (Lipinski definition) is 2. The van der Waals surface area contributed by atoms with Crippen molar-refractivity contribution in [2.24, 2.45) is 0 Å². The maximum atomic E-state index is 8.73. The third-order valence-electron chi connectivity index (χ3n) is 2.63. The van der Waals surface area contributed by atoms with E-state index in [1.807, 2.05) is 12.1 Å². The van der Waals surface area contributed by atoms with Gasteiger partial charge < -0.3 is 4.90 Å². The highest BCUT2D eigenvalue weighted by Crippen LogP contribution is 2.31. The Balaban J connectivity index is 2.24. The Hall–Kier alpha value is -0.850. The van der Waals surface area contributed by atoms with E-state index in [4.69, 9.17) is 5.26 Å². The zero-order valence-corrected chi connectivity index (χ0v) is 9.58. The first-order valence-corrected chi connectivity index (χ1v) is 5.38. The minimum Gasteiger partial charge on any atom is -0.305 e. The van der Waals surface area contributed by atoms with Gasteiger partial charge in [0.1, 0.15) is 0 Å². The highest BCUT2D eigenvalue weighted by molar-refractivity contribution is 9.10. The molecule has 0 unspecified atom stereocenters. The van der Waals surface area contributed by atoms with Crippen LogP contribution in [0.3, 0.4) is 0 Å². The summed E-state index contributed by atoms with van der Waals surface area (Å²) in [5.41, 5.74) is 2.04. The molecule has 0 aliphatic carbocycles. The summed E-state index contributed by atoms with van der Waals surface area (Å²) in [4.78, 5) is 2.29. The van der Waals surface area contributed by atoms with Crippen molar-refractivity contribution in [1.29, 1.82) is 5.26 Å². The van der Waals surface area contributed by atoms with E-state index in [9.17, 15) is 0 Å². The highest BCUT2D eigenvalue weighted by Gasteiger charge is 2.26. The van der Waals surface area contributed by atoms with Gasteiger partial charge in [0, 0.05) is 23.5 Å². The van der Waals surface area contributed by atoms with Gasteiger partial charge in [-0.2, -0.15) is 5.26 Å². The second-order valence-electron chi connectivity index (χ2n) is 3.77. The van der Waals surface area contributed by atoms with Gasteiger partial charge in [0.2, 0.25) is 0 Å². The molecule has 0 spiro atoms. The summed E-state index contributed by atoms with van der Waals surface area (Å²) in [5.74, 6) is 0.627. The smallest absolute Gasteiger partial charge is 0.0992 e. The zero-order chi connectivity index (χ0) is 10.1. The monoisotopic (exact) mass is 250 g/mol. The molecule has 1 aliphatic rings. The quantitative estimate of drug-likeness (QED) is 0.766. The Bertz CT molecular complexity index is 389. The molecule has 0 amide bonds. The molecule has 1 saturated heterocycles.